The summed E-state index contributed by atoms with van der Waals surface area (Å²) in [5.74, 6) is 1.09. The standard InChI is InChI=1S/C26H26N2O2S/c1-18-8-9-19(2)20(14-18)15-28-16-25(23-6-4-5-7-24(23)28)31-17-26(29)27-21-10-12-22(30-3)13-11-21/h4-14,16H,15,17H2,1-3H3,(H,27,29). The molecule has 0 aliphatic heterocycles. The predicted molar refractivity (Wildman–Crippen MR) is 129 cm³/mol. The van der Waals surface area contributed by atoms with Crippen molar-refractivity contribution in [2.75, 3.05) is 18.2 Å². The summed E-state index contributed by atoms with van der Waals surface area (Å²) in [6.45, 7) is 5.09. The minimum absolute atomic E-state index is 0.0264. The van der Waals surface area contributed by atoms with Gasteiger partial charge in [0.25, 0.3) is 0 Å². The molecule has 0 aliphatic carbocycles. The van der Waals surface area contributed by atoms with Crippen LogP contribution in [0.3, 0.4) is 0 Å². The highest BCUT2D eigenvalue weighted by Gasteiger charge is 2.12. The number of rotatable bonds is 7. The Hall–Kier alpha value is -3.18. The van der Waals surface area contributed by atoms with Crippen molar-refractivity contribution in [3.8, 4) is 5.75 Å². The maximum absolute atomic E-state index is 12.5. The maximum atomic E-state index is 12.5. The number of aromatic nitrogens is 1. The Morgan fingerprint density at radius 3 is 2.58 bits per heavy atom. The second kappa shape index (κ2) is 9.31. The van der Waals surface area contributed by atoms with Crippen LogP contribution in [-0.2, 0) is 11.3 Å². The van der Waals surface area contributed by atoms with Crippen molar-refractivity contribution in [1.82, 2.24) is 4.57 Å². The summed E-state index contributed by atoms with van der Waals surface area (Å²) in [6.07, 6.45) is 2.16. The Morgan fingerprint density at radius 2 is 1.81 bits per heavy atom. The number of anilines is 1. The minimum Gasteiger partial charge on any atom is -0.497 e. The molecule has 4 nitrogen and oxygen atoms in total. The molecule has 0 spiro atoms. The molecular formula is C26H26N2O2S. The molecule has 0 bridgehead atoms. The number of nitrogens with one attached hydrogen (secondary N) is 1. The minimum atomic E-state index is -0.0264. The van der Waals surface area contributed by atoms with Crippen LogP contribution in [0.4, 0.5) is 5.69 Å². The van der Waals surface area contributed by atoms with Gasteiger partial charge in [0.05, 0.1) is 12.9 Å². The van der Waals surface area contributed by atoms with E-state index in [4.69, 9.17) is 4.74 Å². The first-order valence-corrected chi connectivity index (χ1v) is 11.2. The van der Waals surface area contributed by atoms with Gasteiger partial charge in [-0.05, 0) is 55.3 Å². The van der Waals surface area contributed by atoms with E-state index in [0.29, 0.717) is 5.75 Å². The lowest BCUT2D eigenvalue weighted by Gasteiger charge is -2.09. The summed E-state index contributed by atoms with van der Waals surface area (Å²) in [7, 11) is 1.63. The summed E-state index contributed by atoms with van der Waals surface area (Å²) >= 11 is 1.57. The zero-order valence-corrected chi connectivity index (χ0v) is 18.8. The van der Waals surface area contributed by atoms with Crippen LogP contribution in [0.25, 0.3) is 10.9 Å². The molecule has 1 aromatic heterocycles. The van der Waals surface area contributed by atoms with Crippen molar-refractivity contribution >= 4 is 34.3 Å². The number of benzene rings is 3. The van der Waals surface area contributed by atoms with E-state index in [0.717, 1.165) is 22.9 Å². The highest BCUT2D eigenvalue weighted by Crippen LogP contribution is 2.31. The van der Waals surface area contributed by atoms with Gasteiger partial charge in [-0.2, -0.15) is 0 Å². The Bertz CT molecular complexity index is 1210. The zero-order chi connectivity index (χ0) is 21.8. The number of fused-ring (bicyclic) bond motifs is 1. The molecule has 158 valence electrons. The van der Waals surface area contributed by atoms with Gasteiger partial charge in [0.15, 0.2) is 0 Å². The van der Waals surface area contributed by atoms with Crippen molar-refractivity contribution in [3.05, 3.63) is 89.6 Å². The van der Waals surface area contributed by atoms with Gasteiger partial charge in [-0.15, -0.1) is 11.8 Å². The molecule has 0 fully saturated rings. The molecule has 0 unspecified atom stereocenters. The monoisotopic (exact) mass is 430 g/mol. The normalized spacial score (nSPS) is 10.9. The molecule has 0 saturated carbocycles. The zero-order valence-electron chi connectivity index (χ0n) is 18.0. The Kier molecular flexibility index (Phi) is 6.33. The van der Waals surface area contributed by atoms with E-state index in [1.807, 2.05) is 30.3 Å². The average Bonchev–Trinajstić information content (AvgIpc) is 3.13. The van der Waals surface area contributed by atoms with E-state index < -0.39 is 0 Å². The number of thioether (sulfide) groups is 1. The van der Waals surface area contributed by atoms with E-state index in [1.54, 1.807) is 18.9 Å². The van der Waals surface area contributed by atoms with Crippen LogP contribution in [-0.4, -0.2) is 23.3 Å². The lowest BCUT2D eigenvalue weighted by molar-refractivity contribution is -0.113. The summed E-state index contributed by atoms with van der Waals surface area (Å²) in [5, 5.41) is 4.13. The van der Waals surface area contributed by atoms with Gasteiger partial charge >= 0.3 is 0 Å². The van der Waals surface area contributed by atoms with Crippen molar-refractivity contribution in [2.45, 2.75) is 25.3 Å². The van der Waals surface area contributed by atoms with Crippen LogP contribution in [0, 0.1) is 13.8 Å². The second-order valence-corrected chi connectivity index (χ2v) is 8.65. The van der Waals surface area contributed by atoms with Gasteiger partial charge in [-0.1, -0.05) is 42.0 Å². The molecule has 1 amide bonds. The van der Waals surface area contributed by atoms with Crippen molar-refractivity contribution in [2.24, 2.45) is 0 Å². The number of nitrogens with zero attached hydrogens (tertiary/aromatic N) is 1. The van der Waals surface area contributed by atoms with Gasteiger partial charge in [0.2, 0.25) is 5.91 Å². The van der Waals surface area contributed by atoms with Crippen LogP contribution in [0.2, 0.25) is 0 Å². The number of carbonyl (C=O) groups excluding carboxylic acids is 1. The molecule has 0 saturated heterocycles. The molecule has 3 aromatic carbocycles. The molecule has 1 heterocycles. The smallest absolute Gasteiger partial charge is 0.234 e. The van der Waals surface area contributed by atoms with Crippen LogP contribution in [0.5, 0.6) is 5.75 Å². The number of hydrogen-bond acceptors (Lipinski definition) is 3. The topological polar surface area (TPSA) is 43.3 Å². The molecule has 0 atom stereocenters. The lowest BCUT2D eigenvalue weighted by Crippen LogP contribution is -2.13. The third-order valence-corrected chi connectivity index (χ3v) is 6.37. The van der Waals surface area contributed by atoms with E-state index in [2.05, 4.69) is 66.3 Å². The molecule has 31 heavy (non-hydrogen) atoms. The van der Waals surface area contributed by atoms with Gasteiger partial charge < -0.3 is 14.6 Å². The third kappa shape index (κ3) is 4.94. The Labute approximate surface area is 187 Å². The number of carbonyl (C=O) groups is 1. The van der Waals surface area contributed by atoms with Crippen LogP contribution in [0.15, 0.2) is 77.8 Å². The first kappa shape index (κ1) is 21.1. The highest BCUT2D eigenvalue weighted by atomic mass is 32.2. The van der Waals surface area contributed by atoms with Gasteiger partial charge in [0, 0.05) is 34.2 Å². The quantitative estimate of drug-likeness (QED) is 0.363. The van der Waals surface area contributed by atoms with Crippen LogP contribution >= 0.6 is 11.8 Å². The lowest BCUT2D eigenvalue weighted by atomic mass is 10.1. The second-order valence-electron chi connectivity index (χ2n) is 7.63. The number of aryl methyl sites for hydroxylation is 2. The number of methoxy groups -OCH3 is 1. The molecule has 4 aromatic rings. The molecule has 0 aliphatic rings. The highest BCUT2D eigenvalue weighted by molar-refractivity contribution is 8.00. The van der Waals surface area contributed by atoms with Crippen molar-refractivity contribution in [3.63, 3.8) is 0 Å². The van der Waals surface area contributed by atoms with Gasteiger partial charge in [-0.3, -0.25) is 4.79 Å². The van der Waals surface area contributed by atoms with E-state index >= 15 is 0 Å². The fourth-order valence-corrected chi connectivity index (χ4v) is 4.52. The molecule has 4 rings (SSSR count). The van der Waals surface area contributed by atoms with E-state index in [9.17, 15) is 4.79 Å². The SMILES string of the molecule is COc1ccc(NC(=O)CSc2cn(Cc3cc(C)ccc3C)c3ccccc23)cc1. The summed E-state index contributed by atoms with van der Waals surface area (Å²) < 4.78 is 7.44. The van der Waals surface area contributed by atoms with E-state index in [1.165, 1.54) is 27.6 Å². The maximum Gasteiger partial charge on any atom is 0.234 e. The Morgan fingerprint density at radius 1 is 1.03 bits per heavy atom. The van der Waals surface area contributed by atoms with Crippen molar-refractivity contribution in [1.29, 1.82) is 0 Å². The molecular weight excluding hydrogens is 404 g/mol. The predicted octanol–water partition coefficient (Wildman–Crippen LogP) is 6.05. The first-order chi connectivity index (χ1) is 15.0. The third-order valence-electron chi connectivity index (χ3n) is 5.33. The number of amides is 1. The Balaban J connectivity index is 1.50. The van der Waals surface area contributed by atoms with Crippen molar-refractivity contribution < 1.29 is 9.53 Å². The fourth-order valence-electron chi connectivity index (χ4n) is 3.63. The van der Waals surface area contributed by atoms with Crippen LogP contribution in [0.1, 0.15) is 16.7 Å². The number of ether oxygens (including phenoxy) is 1. The molecule has 0 radical (unpaired) electrons. The summed E-state index contributed by atoms with van der Waals surface area (Å²) in [4.78, 5) is 13.6. The summed E-state index contributed by atoms with van der Waals surface area (Å²) in [6, 6.07) is 22.3. The van der Waals surface area contributed by atoms with Gasteiger partial charge in [-0.25, -0.2) is 0 Å². The largest absolute Gasteiger partial charge is 0.497 e. The first-order valence-electron chi connectivity index (χ1n) is 10.2. The fraction of sp³-hybridized carbons (Fsp3) is 0.192. The molecule has 1 N–H and O–H groups in total. The van der Waals surface area contributed by atoms with E-state index in [-0.39, 0.29) is 5.91 Å². The number of para-hydroxylation sites is 1. The molecule has 5 heteroatoms. The average molecular weight is 431 g/mol. The van der Waals surface area contributed by atoms with Gasteiger partial charge in [0.1, 0.15) is 5.75 Å². The number of hydrogen-bond donors (Lipinski definition) is 1. The summed E-state index contributed by atoms with van der Waals surface area (Å²) in [5.41, 5.74) is 5.82. The van der Waals surface area contributed by atoms with Crippen LogP contribution < -0.4 is 10.1 Å².